The van der Waals surface area contributed by atoms with E-state index in [4.69, 9.17) is 0 Å². The molecule has 1 fully saturated rings. The number of carbonyl (C=O) groups excluding carboxylic acids is 1. The Balaban J connectivity index is 1.19. The lowest BCUT2D eigenvalue weighted by molar-refractivity contribution is -0.121. The fourth-order valence-electron chi connectivity index (χ4n) is 4.97. The minimum atomic E-state index is -0.134. The number of piperazine rings is 1. The van der Waals surface area contributed by atoms with E-state index < -0.39 is 0 Å². The number of benzene rings is 1. The van der Waals surface area contributed by atoms with Gasteiger partial charge in [0.1, 0.15) is 5.65 Å². The summed E-state index contributed by atoms with van der Waals surface area (Å²) in [7, 11) is 1.82. The maximum absolute atomic E-state index is 12.6. The number of hydrogen-bond acceptors (Lipinski definition) is 5. The third kappa shape index (κ3) is 5.33. The number of carbonyl (C=O) groups is 1. The Morgan fingerprint density at radius 1 is 1.15 bits per heavy atom. The summed E-state index contributed by atoms with van der Waals surface area (Å²) in [5.74, 6) is -0.00827. The molecule has 8 nitrogen and oxygen atoms in total. The zero-order valence-electron chi connectivity index (χ0n) is 20.8. The summed E-state index contributed by atoms with van der Waals surface area (Å²) in [6.45, 7) is 11.8. The quantitative estimate of drug-likeness (QED) is 0.500. The van der Waals surface area contributed by atoms with E-state index >= 15 is 0 Å². The Hall–Kier alpha value is -3.13. The molecule has 0 aliphatic carbocycles. The van der Waals surface area contributed by atoms with Crippen molar-refractivity contribution in [3.05, 3.63) is 57.0 Å². The molecule has 3 aromatic rings. The van der Waals surface area contributed by atoms with E-state index in [1.165, 1.54) is 11.3 Å². The fourth-order valence-corrected chi connectivity index (χ4v) is 4.97. The van der Waals surface area contributed by atoms with Gasteiger partial charge in [-0.3, -0.25) is 19.2 Å². The number of aromatic nitrogens is 3. The van der Waals surface area contributed by atoms with Crippen LogP contribution in [0.1, 0.15) is 35.2 Å². The Labute approximate surface area is 200 Å². The summed E-state index contributed by atoms with van der Waals surface area (Å²) in [5.41, 5.74) is 5.67. The zero-order valence-corrected chi connectivity index (χ0v) is 20.8. The minimum absolute atomic E-state index is 0.00827. The predicted octanol–water partition coefficient (Wildman–Crippen LogP) is 2.45. The Kier molecular flexibility index (Phi) is 7.36. The highest BCUT2D eigenvalue weighted by atomic mass is 16.1. The summed E-state index contributed by atoms with van der Waals surface area (Å²) >= 11 is 0. The van der Waals surface area contributed by atoms with Gasteiger partial charge >= 0.3 is 0 Å². The van der Waals surface area contributed by atoms with E-state index in [0.29, 0.717) is 24.9 Å². The van der Waals surface area contributed by atoms with Gasteiger partial charge in [-0.2, -0.15) is 5.10 Å². The second kappa shape index (κ2) is 10.4. The molecule has 8 heteroatoms. The first-order valence-corrected chi connectivity index (χ1v) is 12.2. The lowest BCUT2D eigenvalue weighted by Crippen LogP contribution is -2.47. The standard InChI is InChI=1S/C26H36N6O2/c1-18-7-5-8-21(17-18)32-15-13-31(14-16-32)12-6-11-27-23(33)10-9-22-19(2)24-20(3)29-30(4)25(24)28-26(22)34/h5,7-8,17H,6,9-16H2,1-4H3,(H,27,33)(H,28,34). The molecule has 0 unspecified atom stereocenters. The number of fused-ring (bicyclic) bond motifs is 1. The summed E-state index contributed by atoms with van der Waals surface area (Å²) in [6.07, 6.45) is 1.67. The number of hydrogen-bond donors (Lipinski definition) is 2. The zero-order chi connectivity index (χ0) is 24.2. The van der Waals surface area contributed by atoms with E-state index in [2.05, 4.69) is 56.4 Å². The lowest BCUT2D eigenvalue weighted by Gasteiger charge is -2.36. The average molecular weight is 465 g/mol. The van der Waals surface area contributed by atoms with Crippen molar-refractivity contribution in [2.75, 3.05) is 44.2 Å². The number of amides is 1. The monoisotopic (exact) mass is 464 g/mol. The maximum Gasteiger partial charge on any atom is 0.253 e. The fraction of sp³-hybridized carbons (Fsp3) is 0.500. The molecule has 1 saturated heterocycles. The average Bonchev–Trinajstić information content (AvgIpc) is 3.10. The van der Waals surface area contributed by atoms with Gasteiger partial charge in [0.2, 0.25) is 5.91 Å². The SMILES string of the molecule is Cc1cccc(N2CCN(CCCNC(=O)CCc3c(C)c4c(C)nn(C)c4[nH]c3=O)CC2)c1. The van der Waals surface area contributed by atoms with Gasteiger partial charge in [-0.1, -0.05) is 12.1 Å². The van der Waals surface area contributed by atoms with Crippen LogP contribution in [0.4, 0.5) is 5.69 Å². The van der Waals surface area contributed by atoms with Crippen LogP contribution < -0.4 is 15.8 Å². The molecule has 2 aromatic heterocycles. The third-order valence-electron chi connectivity index (χ3n) is 6.87. The van der Waals surface area contributed by atoms with Crippen molar-refractivity contribution in [1.29, 1.82) is 0 Å². The van der Waals surface area contributed by atoms with Crippen molar-refractivity contribution < 1.29 is 4.79 Å². The Morgan fingerprint density at radius 2 is 1.91 bits per heavy atom. The number of pyridine rings is 1. The first-order valence-electron chi connectivity index (χ1n) is 12.2. The summed E-state index contributed by atoms with van der Waals surface area (Å²) < 4.78 is 1.69. The third-order valence-corrected chi connectivity index (χ3v) is 6.87. The minimum Gasteiger partial charge on any atom is -0.369 e. The van der Waals surface area contributed by atoms with E-state index in [-0.39, 0.29) is 11.5 Å². The van der Waals surface area contributed by atoms with Gasteiger partial charge in [0.25, 0.3) is 5.56 Å². The van der Waals surface area contributed by atoms with Gasteiger partial charge in [-0.05, 0) is 63.4 Å². The summed E-state index contributed by atoms with van der Waals surface area (Å²) in [5, 5.41) is 8.39. The molecule has 34 heavy (non-hydrogen) atoms. The highest BCUT2D eigenvalue weighted by Crippen LogP contribution is 2.21. The topological polar surface area (TPSA) is 86.3 Å². The van der Waals surface area contributed by atoms with Gasteiger partial charge in [-0.15, -0.1) is 0 Å². The molecule has 1 aliphatic rings. The number of H-pyrrole nitrogens is 1. The van der Waals surface area contributed by atoms with Gasteiger partial charge in [0, 0.05) is 62.8 Å². The molecule has 1 aromatic carbocycles. The van der Waals surface area contributed by atoms with Gasteiger partial charge in [0.15, 0.2) is 0 Å². The van der Waals surface area contributed by atoms with Crippen LogP contribution in [0.25, 0.3) is 11.0 Å². The number of aromatic amines is 1. The Bertz CT molecular complexity index is 1220. The van der Waals surface area contributed by atoms with Gasteiger partial charge in [0.05, 0.1) is 5.69 Å². The van der Waals surface area contributed by atoms with Crippen LogP contribution in [-0.4, -0.2) is 64.8 Å². The first-order chi connectivity index (χ1) is 16.3. The van der Waals surface area contributed by atoms with E-state index in [1.807, 2.05) is 20.9 Å². The van der Waals surface area contributed by atoms with E-state index in [1.54, 1.807) is 4.68 Å². The predicted molar refractivity (Wildman–Crippen MR) is 137 cm³/mol. The van der Waals surface area contributed by atoms with Crippen LogP contribution in [0.15, 0.2) is 29.1 Å². The second-order valence-electron chi connectivity index (χ2n) is 9.36. The molecule has 4 rings (SSSR count). The van der Waals surface area contributed by atoms with Crippen LogP contribution in [0.2, 0.25) is 0 Å². The Morgan fingerprint density at radius 3 is 2.65 bits per heavy atom. The molecule has 1 amide bonds. The van der Waals surface area contributed by atoms with Crippen molar-refractivity contribution in [3.8, 4) is 0 Å². The van der Waals surface area contributed by atoms with Crippen LogP contribution in [-0.2, 0) is 18.3 Å². The van der Waals surface area contributed by atoms with Crippen molar-refractivity contribution in [3.63, 3.8) is 0 Å². The molecule has 0 bridgehead atoms. The molecule has 0 radical (unpaired) electrons. The summed E-state index contributed by atoms with van der Waals surface area (Å²) in [6, 6.07) is 8.68. The van der Waals surface area contributed by atoms with E-state index in [0.717, 1.165) is 61.4 Å². The molecule has 0 spiro atoms. The smallest absolute Gasteiger partial charge is 0.253 e. The van der Waals surface area contributed by atoms with E-state index in [9.17, 15) is 9.59 Å². The lowest BCUT2D eigenvalue weighted by atomic mass is 10.0. The first kappa shape index (κ1) is 24.0. The number of anilines is 1. The molecule has 182 valence electrons. The van der Waals surface area contributed by atoms with Crippen molar-refractivity contribution in [2.24, 2.45) is 7.05 Å². The molecule has 0 atom stereocenters. The van der Waals surface area contributed by atoms with Gasteiger partial charge in [-0.25, -0.2) is 0 Å². The normalized spacial score (nSPS) is 14.6. The molecular weight excluding hydrogens is 428 g/mol. The van der Waals surface area contributed by atoms with Crippen molar-refractivity contribution >= 4 is 22.6 Å². The second-order valence-corrected chi connectivity index (χ2v) is 9.36. The van der Waals surface area contributed by atoms with Crippen molar-refractivity contribution in [1.82, 2.24) is 25.0 Å². The summed E-state index contributed by atoms with van der Waals surface area (Å²) in [4.78, 5) is 32.8. The number of nitrogens with one attached hydrogen (secondary N) is 2. The van der Waals surface area contributed by atoms with Crippen LogP contribution in [0.5, 0.6) is 0 Å². The van der Waals surface area contributed by atoms with Gasteiger partial charge < -0.3 is 15.2 Å². The number of aryl methyl sites for hydroxylation is 4. The number of nitrogens with zero attached hydrogens (tertiary/aromatic N) is 4. The van der Waals surface area contributed by atoms with Crippen LogP contribution in [0.3, 0.4) is 0 Å². The molecule has 2 N–H and O–H groups in total. The van der Waals surface area contributed by atoms with Crippen molar-refractivity contribution in [2.45, 2.75) is 40.0 Å². The van der Waals surface area contributed by atoms with Crippen LogP contribution >= 0.6 is 0 Å². The maximum atomic E-state index is 12.6. The highest BCUT2D eigenvalue weighted by molar-refractivity contribution is 5.83. The number of rotatable bonds is 8. The molecular formula is C26H36N6O2. The largest absolute Gasteiger partial charge is 0.369 e. The molecule has 0 saturated carbocycles. The highest BCUT2D eigenvalue weighted by Gasteiger charge is 2.18. The molecule has 1 aliphatic heterocycles. The molecule has 3 heterocycles. The van der Waals surface area contributed by atoms with Crippen LogP contribution in [0, 0.1) is 20.8 Å².